The van der Waals surface area contributed by atoms with E-state index in [9.17, 15) is 4.79 Å². The van der Waals surface area contributed by atoms with Gasteiger partial charge in [0.15, 0.2) is 11.6 Å². The van der Waals surface area contributed by atoms with E-state index in [2.05, 4.69) is 9.89 Å². The molecular formula is C10H18ClN5O. The van der Waals surface area contributed by atoms with Crippen molar-refractivity contribution in [2.24, 2.45) is 4.99 Å². The molecule has 1 N–H and O–H groups in total. The zero-order valence-electron chi connectivity index (χ0n) is 10.1. The maximum absolute atomic E-state index is 10.6. The lowest BCUT2D eigenvalue weighted by Crippen LogP contribution is -2.54. The Morgan fingerprint density at radius 2 is 2.06 bits per heavy atom. The summed E-state index contributed by atoms with van der Waals surface area (Å²) in [6.07, 6.45) is 2.30. The van der Waals surface area contributed by atoms with Gasteiger partial charge < -0.3 is 9.80 Å². The quantitative estimate of drug-likeness (QED) is 0.341. The Balaban J connectivity index is 2.66. The van der Waals surface area contributed by atoms with Crippen LogP contribution in [0.4, 0.5) is 0 Å². The molecular weight excluding hydrogens is 242 g/mol. The Labute approximate surface area is 106 Å². The summed E-state index contributed by atoms with van der Waals surface area (Å²) in [5.41, 5.74) is 0. The molecule has 0 aromatic carbocycles. The molecule has 0 unspecified atom stereocenters. The second-order valence-electron chi connectivity index (χ2n) is 3.83. The summed E-state index contributed by atoms with van der Waals surface area (Å²) >= 11 is 5.68. The Bertz CT molecular complexity index is 301. The van der Waals surface area contributed by atoms with E-state index in [1.807, 2.05) is 6.92 Å². The molecule has 0 aliphatic carbocycles. The van der Waals surface area contributed by atoms with Gasteiger partial charge in [0.05, 0.1) is 0 Å². The van der Waals surface area contributed by atoms with Crippen molar-refractivity contribution in [3.8, 4) is 0 Å². The van der Waals surface area contributed by atoms with Crippen LogP contribution in [0.2, 0.25) is 0 Å². The van der Waals surface area contributed by atoms with E-state index >= 15 is 0 Å². The number of carbonyl (C=O) groups is 1. The molecule has 6 nitrogen and oxygen atoms in total. The molecule has 1 fully saturated rings. The number of nitrogens with zero attached hydrogens (tertiary/aromatic N) is 4. The Hall–Kier alpha value is -1.14. The molecule has 0 bridgehead atoms. The van der Waals surface area contributed by atoms with Crippen molar-refractivity contribution in [3.63, 3.8) is 0 Å². The molecule has 1 aliphatic rings. The maximum Gasteiger partial charge on any atom is 0.209 e. The van der Waals surface area contributed by atoms with E-state index < -0.39 is 0 Å². The maximum atomic E-state index is 10.6. The number of hydrogen-bond donors (Lipinski definition) is 1. The second-order valence-corrected chi connectivity index (χ2v) is 4.19. The summed E-state index contributed by atoms with van der Waals surface area (Å²) in [5, 5.41) is 7.38. The van der Waals surface area contributed by atoms with Gasteiger partial charge in [-0.15, -0.1) is 0 Å². The highest BCUT2D eigenvalue weighted by molar-refractivity contribution is 6.63. The van der Waals surface area contributed by atoms with Gasteiger partial charge in [-0.05, 0) is 24.7 Å². The molecule has 0 spiro atoms. The van der Waals surface area contributed by atoms with Crippen molar-refractivity contribution in [3.05, 3.63) is 0 Å². The van der Waals surface area contributed by atoms with Gasteiger partial charge in [0.2, 0.25) is 6.41 Å². The Kier molecular flexibility index (Phi) is 5.37. The molecule has 17 heavy (non-hydrogen) atoms. The molecule has 0 radical (unpaired) electrons. The summed E-state index contributed by atoms with van der Waals surface area (Å²) in [4.78, 5) is 20.4. The number of carbonyl (C=O) groups excluding carboxylic acids is 1. The van der Waals surface area contributed by atoms with Gasteiger partial charge in [-0.1, -0.05) is 0 Å². The molecule has 1 atom stereocenters. The summed E-state index contributed by atoms with van der Waals surface area (Å²) in [6, 6.07) is 0. The standard InChI is InChI=1S/C10H18ClN5O/c1-3-13-10(14(2)9(11)12)16-6-4-15(8-17)5-7-16/h3,8,10,12H,4-7H2,1-2H3/t10-/m0/s1. The second kappa shape index (κ2) is 6.56. The fraction of sp³-hybridized carbons (Fsp3) is 0.700. The van der Waals surface area contributed by atoms with Crippen LogP contribution in [0.15, 0.2) is 4.99 Å². The minimum atomic E-state index is -0.265. The summed E-state index contributed by atoms with van der Waals surface area (Å²) in [6.45, 7) is 4.66. The van der Waals surface area contributed by atoms with Crippen LogP contribution >= 0.6 is 11.6 Å². The lowest BCUT2D eigenvalue weighted by atomic mass is 10.3. The third-order valence-corrected chi connectivity index (χ3v) is 3.03. The van der Waals surface area contributed by atoms with E-state index in [1.165, 1.54) is 0 Å². The minimum Gasteiger partial charge on any atom is -0.343 e. The van der Waals surface area contributed by atoms with Crippen LogP contribution in [0.5, 0.6) is 0 Å². The van der Waals surface area contributed by atoms with Crippen molar-refractivity contribution in [1.82, 2.24) is 14.7 Å². The van der Waals surface area contributed by atoms with Crippen LogP contribution in [0.25, 0.3) is 0 Å². The molecule has 1 heterocycles. The monoisotopic (exact) mass is 259 g/mol. The van der Waals surface area contributed by atoms with E-state index in [-0.39, 0.29) is 11.6 Å². The first kappa shape index (κ1) is 13.9. The summed E-state index contributed by atoms with van der Waals surface area (Å²) in [7, 11) is 1.74. The van der Waals surface area contributed by atoms with Gasteiger partial charge >= 0.3 is 0 Å². The van der Waals surface area contributed by atoms with Crippen LogP contribution in [0.1, 0.15) is 6.92 Å². The minimum absolute atomic E-state index is 0.0431. The number of piperazine rings is 1. The highest BCUT2D eigenvalue weighted by Gasteiger charge is 2.26. The summed E-state index contributed by atoms with van der Waals surface area (Å²) in [5.74, 6) is 0. The average Bonchev–Trinajstić information content (AvgIpc) is 2.35. The lowest BCUT2D eigenvalue weighted by Gasteiger charge is -2.39. The summed E-state index contributed by atoms with van der Waals surface area (Å²) < 4.78 is 0. The number of hydrogen-bond acceptors (Lipinski definition) is 4. The van der Waals surface area contributed by atoms with Crippen LogP contribution in [0, 0.1) is 5.41 Å². The van der Waals surface area contributed by atoms with Gasteiger partial charge in [-0.3, -0.25) is 20.1 Å². The van der Waals surface area contributed by atoms with Crippen LogP contribution in [-0.2, 0) is 4.79 Å². The lowest BCUT2D eigenvalue weighted by molar-refractivity contribution is -0.120. The smallest absolute Gasteiger partial charge is 0.209 e. The first-order valence-corrected chi connectivity index (χ1v) is 5.86. The zero-order valence-corrected chi connectivity index (χ0v) is 10.9. The zero-order chi connectivity index (χ0) is 12.8. The number of aliphatic imine (C=N–C) groups is 1. The molecule has 1 aliphatic heterocycles. The van der Waals surface area contributed by atoms with Gasteiger partial charge in [-0.2, -0.15) is 0 Å². The largest absolute Gasteiger partial charge is 0.343 e. The van der Waals surface area contributed by atoms with Crippen molar-refractivity contribution in [2.75, 3.05) is 33.2 Å². The van der Waals surface area contributed by atoms with E-state index in [0.717, 1.165) is 19.5 Å². The van der Waals surface area contributed by atoms with Gasteiger partial charge in [0, 0.05) is 33.2 Å². The van der Waals surface area contributed by atoms with Gasteiger partial charge in [0.1, 0.15) is 0 Å². The van der Waals surface area contributed by atoms with Gasteiger partial charge in [-0.25, -0.2) is 0 Å². The fourth-order valence-electron chi connectivity index (χ4n) is 1.75. The Morgan fingerprint density at radius 1 is 1.47 bits per heavy atom. The Morgan fingerprint density at radius 3 is 2.47 bits per heavy atom. The number of rotatable bonds is 4. The molecule has 1 saturated heterocycles. The van der Waals surface area contributed by atoms with Crippen molar-refractivity contribution < 1.29 is 4.79 Å². The fourth-order valence-corrected chi connectivity index (χ4v) is 1.83. The van der Waals surface area contributed by atoms with E-state index in [1.54, 1.807) is 23.1 Å². The van der Waals surface area contributed by atoms with Crippen LogP contribution in [0.3, 0.4) is 0 Å². The number of amides is 1. The van der Waals surface area contributed by atoms with Crippen molar-refractivity contribution in [2.45, 2.75) is 13.2 Å². The first-order chi connectivity index (χ1) is 8.10. The van der Waals surface area contributed by atoms with Gasteiger partial charge in [0.25, 0.3) is 0 Å². The van der Waals surface area contributed by atoms with Crippen molar-refractivity contribution in [1.29, 1.82) is 5.41 Å². The average molecular weight is 260 g/mol. The van der Waals surface area contributed by atoms with Crippen LogP contribution in [-0.4, -0.2) is 72.1 Å². The molecule has 96 valence electrons. The molecule has 0 saturated carbocycles. The number of nitrogens with one attached hydrogen (secondary N) is 1. The predicted molar refractivity (Wildman–Crippen MR) is 68.5 cm³/mol. The molecule has 7 heteroatoms. The third kappa shape index (κ3) is 3.67. The molecule has 0 aromatic heterocycles. The highest BCUT2D eigenvalue weighted by Crippen LogP contribution is 2.11. The SMILES string of the molecule is CC=N[C@H](N1CCN(C=O)CC1)N(C)C(=N)Cl. The third-order valence-electron chi connectivity index (χ3n) is 2.76. The first-order valence-electron chi connectivity index (χ1n) is 5.48. The number of halogens is 1. The molecule has 0 aromatic rings. The number of amidine groups is 1. The van der Waals surface area contributed by atoms with Crippen molar-refractivity contribution >= 4 is 29.5 Å². The predicted octanol–water partition coefficient (Wildman–Crippen LogP) is 0.240. The molecule has 1 amide bonds. The topological polar surface area (TPSA) is 63.0 Å². The normalized spacial score (nSPS) is 19.4. The van der Waals surface area contributed by atoms with E-state index in [0.29, 0.717) is 13.1 Å². The molecule has 1 rings (SSSR count). The van der Waals surface area contributed by atoms with E-state index in [4.69, 9.17) is 17.0 Å². The highest BCUT2D eigenvalue weighted by atomic mass is 35.5. The van der Waals surface area contributed by atoms with Crippen LogP contribution < -0.4 is 0 Å².